The van der Waals surface area contributed by atoms with Crippen LogP contribution in [0.4, 0.5) is 0 Å². The lowest BCUT2D eigenvalue weighted by Gasteiger charge is -2.27. The van der Waals surface area contributed by atoms with Crippen molar-refractivity contribution in [3.05, 3.63) is 0 Å². The molecule has 0 aliphatic carbocycles. The fourth-order valence-electron chi connectivity index (χ4n) is 2.20. The van der Waals surface area contributed by atoms with E-state index in [1.807, 2.05) is 26.0 Å². The van der Waals surface area contributed by atoms with Gasteiger partial charge in [0.15, 0.2) is 0 Å². The Morgan fingerprint density at radius 2 is 2.08 bits per heavy atom. The Hall–Kier alpha value is -0.610. The van der Waals surface area contributed by atoms with Crippen LogP contribution in [0.15, 0.2) is 0 Å². The predicted octanol–water partition coefficient (Wildman–Crippen LogP) is -0.0487. The fourth-order valence-corrected chi connectivity index (χ4v) is 2.20. The molecule has 1 fully saturated rings. The van der Waals surface area contributed by atoms with E-state index in [0.29, 0.717) is 12.6 Å². The number of likely N-dealkylation sites (tertiary alicyclic amines) is 1. The van der Waals surface area contributed by atoms with Gasteiger partial charge in [-0.25, -0.2) is 0 Å². The van der Waals surface area contributed by atoms with Crippen molar-refractivity contribution in [3.8, 4) is 0 Å². The third kappa shape index (κ3) is 1.84. The normalized spacial score (nSPS) is 35.6. The zero-order valence-electron chi connectivity index (χ0n) is 8.69. The van der Waals surface area contributed by atoms with Crippen molar-refractivity contribution in [1.82, 2.24) is 9.80 Å². The zero-order valence-corrected chi connectivity index (χ0v) is 8.69. The van der Waals surface area contributed by atoms with Crippen molar-refractivity contribution in [2.45, 2.75) is 19.0 Å². The molecule has 4 nitrogen and oxygen atoms in total. The minimum Gasteiger partial charge on any atom is -0.481 e. The molecule has 76 valence electrons. The van der Waals surface area contributed by atoms with Crippen molar-refractivity contribution in [1.29, 1.82) is 0 Å². The van der Waals surface area contributed by atoms with E-state index >= 15 is 0 Å². The van der Waals surface area contributed by atoms with Crippen LogP contribution in [0.1, 0.15) is 6.92 Å². The number of hydrogen-bond donors (Lipinski definition) is 1. The summed E-state index contributed by atoms with van der Waals surface area (Å²) in [6.07, 6.45) is 0. The molecule has 0 radical (unpaired) electrons. The predicted molar refractivity (Wildman–Crippen MR) is 50.7 cm³/mol. The first-order valence-electron chi connectivity index (χ1n) is 4.54. The first-order valence-corrected chi connectivity index (χ1v) is 4.54. The molecular weight excluding hydrogens is 168 g/mol. The maximum atomic E-state index is 11.0. The highest BCUT2D eigenvalue weighted by atomic mass is 16.4. The molecule has 1 N–H and O–H groups in total. The first-order chi connectivity index (χ1) is 5.95. The van der Waals surface area contributed by atoms with E-state index in [1.165, 1.54) is 0 Å². The number of carbonyl (C=O) groups is 1. The Labute approximate surface area is 79.1 Å². The van der Waals surface area contributed by atoms with Gasteiger partial charge in [0.25, 0.3) is 0 Å². The number of likely N-dealkylation sites (N-methyl/N-ethyl adjacent to an activating group) is 2. The van der Waals surface area contributed by atoms with E-state index in [2.05, 4.69) is 11.8 Å². The van der Waals surface area contributed by atoms with Gasteiger partial charge in [0.05, 0.1) is 5.92 Å². The Bertz CT molecular complexity index is 206. The highest BCUT2D eigenvalue weighted by Crippen LogP contribution is 2.25. The van der Waals surface area contributed by atoms with Gasteiger partial charge in [0.1, 0.15) is 0 Å². The molecule has 0 aromatic rings. The standard InChI is InChI=1S/C9H18N2O2/c1-6-8(10(2)3)7(9(12)13)5-11(6)4/h6-8H,5H2,1-4H3,(H,12,13). The molecule has 1 rings (SSSR count). The molecule has 0 amide bonds. The second-order valence-electron chi connectivity index (χ2n) is 4.08. The van der Waals surface area contributed by atoms with Gasteiger partial charge in [0.2, 0.25) is 0 Å². The topological polar surface area (TPSA) is 43.8 Å². The van der Waals surface area contributed by atoms with Crippen LogP contribution < -0.4 is 0 Å². The molecule has 0 aromatic carbocycles. The third-order valence-electron chi connectivity index (χ3n) is 3.00. The minimum atomic E-state index is -0.685. The SMILES string of the molecule is CC1C(N(C)C)C(C(=O)O)CN1C. The average Bonchev–Trinajstić information content (AvgIpc) is 2.28. The summed E-state index contributed by atoms with van der Waals surface area (Å²) in [5.41, 5.74) is 0. The van der Waals surface area contributed by atoms with Crippen LogP contribution in [0.5, 0.6) is 0 Å². The van der Waals surface area contributed by atoms with E-state index in [0.717, 1.165) is 0 Å². The maximum absolute atomic E-state index is 11.0. The van der Waals surface area contributed by atoms with Gasteiger partial charge in [-0.3, -0.25) is 4.79 Å². The van der Waals surface area contributed by atoms with Gasteiger partial charge in [-0.15, -0.1) is 0 Å². The van der Waals surface area contributed by atoms with Crippen molar-refractivity contribution >= 4 is 5.97 Å². The summed E-state index contributed by atoms with van der Waals surface area (Å²) in [5, 5.41) is 9.01. The molecule has 0 saturated carbocycles. The van der Waals surface area contributed by atoms with Gasteiger partial charge < -0.3 is 14.9 Å². The van der Waals surface area contributed by atoms with Crippen molar-refractivity contribution in [2.75, 3.05) is 27.7 Å². The summed E-state index contributed by atoms with van der Waals surface area (Å²) in [7, 11) is 5.86. The zero-order chi connectivity index (χ0) is 10.2. The molecule has 0 bridgehead atoms. The molecule has 3 atom stereocenters. The van der Waals surface area contributed by atoms with E-state index in [1.54, 1.807) is 0 Å². The van der Waals surface area contributed by atoms with Crippen LogP contribution in [0, 0.1) is 5.92 Å². The monoisotopic (exact) mass is 186 g/mol. The number of nitrogens with zero attached hydrogens (tertiary/aromatic N) is 2. The lowest BCUT2D eigenvalue weighted by Crippen LogP contribution is -2.43. The van der Waals surface area contributed by atoms with Crippen molar-refractivity contribution < 1.29 is 9.90 Å². The largest absolute Gasteiger partial charge is 0.481 e. The molecule has 1 heterocycles. The quantitative estimate of drug-likeness (QED) is 0.657. The van der Waals surface area contributed by atoms with Crippen molar-refractivity contribution in [2.24, 2.45) is 5.92 Å². The van der Waals surface area contributed by atoms with Crippen LogP contribution >= 0.6 is 0 Å². The third-order valence-corrected chi connectivity index (χ3v) is 3.00. The van der Waals surface area contributed by atoms with Gasteiger partial charge in [0, 0.05) is 18.6 Å². The summed E-state index contributed by atoms with van der Waals surface area (Å²) in [4.78, 5) is 15.1. The summed E-state index contributed by atoms with van der Waals surface area (Å²) < 4.78 is 0. The Morgan fingerprint density at radius 3 is 2.38 bits per heavy atom. The van der Waals surface area contributed by atoms with Gasteiger partial charge in [-0.05, 0) is 28.1 Å². The maximum Gasteiger partial charge on any atom is 0.309 e. The van der Waals surface area contributed by atoms with E-state index in [9.17, 15) is 4.79 Å². The van der Waals surface area contributed by atoms with Gasteiger partial charge >= 0.3 is 5.97 Å². The summed E-state index contributed by atoms with van der Waals surface area (Å²) in [6.45, 7) is 2.73. The number of rotatable bonds is 2. The molecule has 13 heavy (non-hydrogen) atoms. The van der Waals surface area contributed by atoms with Crippen LogP contribution in [0.2, 0.25) is 0 Å². The lowest BCUT2D eigenvalue weighted by molar-refractivity contribution is -0.142. The number of carboxylic acid groups (broad SMARTS) is 1. The lowest BCUT2D eigenvalue weighted by atomic mass is 9.99. The van der Waals surface area contributed by atoms with Crippen LogP contribution in [-0.2, 0) is 4.79 Å². The van der Waals surface area contributed by atoms with Crippen LogP contribution in [-0.4, -0.2) is 60.6 Å². The molecule has 1 saturated heterocycles. The number of hydrogen-bond acceptors (Lipinski definition) is 3. The minimum absolute atomic E-state index is 0.127. The second kappa shape index (κ2) is 3.64. The van der Waals surface area contributed by atoms with E-state index in [-0.39, 0.29) is 12.0 Å². The van der Waals surface area contributed by atoms with E-state index < -0.39 is 5.97 Å². The summed E-state index contributed by atoms with van der Waals surface area (Å²) in [5.74, 6) is -0.940. The molecule has 1 aliphatic rings. The van der Waals surface area contributed by atoms with E-state index in [4.69, 9.17) is 5.11 Å². The second-order valence-corrected chi connectivity index (χ2v) is 4.08. The number of carboxylic acids is 1. The molecule has 1 aliphatic heterocycles. The van der Waals surface area contributed by atoms with Crippen molar-refractivity contribution in [3.63, 3.8) is 0 Å². The molecule has 3 unspecified atom stereocenters. The fraction of sp³-hybridized carbons (Fsp3) is 0.889. The average molecular weight is 186 g/mol. The molecular formula is C9H18N2O2. The summed E-state index contributed by atoms with van der Waals surface area (Å²) >= 11 is 0. The molecule has 0 aromatic heterocycles. The van der Waals surface area contributed by atoms with Crippen LogP contribution in [0.3, 0.4) is 0 Å². The molecule has 0 spiro atoms. The highest BCUT2D eigenvalue weighted by molar-refractivity contribution is 5.72. The smallest absolute Gasteiger partial charge is 0.309 e. The molecule has 4 heteroatoms. The Balaban J connectivity index is 2.80. The summed E-state index contributed by atoms with van der Waals surface area (Å²) in [6, 6.07) is 0.443. The Kier molecular flexibility index (Phi) is 2.93. The van der Waals surface area contributed by atoms with Crippen LogP contribution in [0.25, 0.3) is 0 Å². The first kappa shape index (κ1) is 10.5. The highest BCUT2D eigenvalue weighted by Gasteiger charge is 2.42. The Morgan fingerprint density at radius 1 is 1.54 bits per heavy atom. The van der Waals surface area contributed by atoms with Gasteiger partial charge in [-0.2, -0.15) is 0 Å². The number of aliphatic carboxylic acids is 1. The van der Waals surface area contributed by atoms with Gasteiger partial charge in [-0.1, -0.05) is 0 Å².